The van der Waals surface area contributed by atoms with E-state index >= 15 is 0 Å². The zero-order valence-electron chi connectivity index (χ0n) is 11.2. The topological polar surface area (TPSA) is 40.5 Å². The number of anilines is 1. The van der Waals surface area contributed by atoms with Gasteiger partial charge in [-0.25, -0.2) is 4.79 Å². The Hall–Kier alpha value is -1.29. The summed E-state index contributed by atoms with van der Waals surface area (Å²) in [5.41, 5.74) is 2.25. The smallest absolute Gasteiger partial charge is 0.328 e. The van der Waals surface area contributed by atoms with Gasteiger partial charge in [-0.15, -0.1) is 0 Å². The molecule has 1 N–H and O–H groups in total. The Bertz CT molecular complexity index is 523. The molecule has 0 amide bonds. The minimum atomic E-state index is -0.934. The Labute approximate surface area is 122 Å². The predicted molar refractivity (Wildman–Crippen MR) is 81.5 cm³/mol. The van der Waals surface area contributed by atoms with Gasteiger partial charge in [-0.1, -0.05) is 22.0 Å². The highest BCUT2D eigenvalue weighted by molar-refractivity contribution is 9.10. The number of hydrogen-bond acceptors (Lipinski definition) is 2. The van der Waals surface area contributed by atoms with Crippen LogP contribution in [0.5, 0.6) is 0 Å². The SMILES string of the molecule is CC1(C)CCCN1c1ccc(/C=C/C(=O)O)c(Br)c1. The fourth-order valence-electron chi connectivity index (χ4n) is 2.57. The summed E-state index contributed by atoms with van der Waals surface area (Å²) in [6.07, 6.45) is 5.17. The van der Waals surface area contributed by atoms with Crippen LogP contribution in [0.4, 0.5) is 5.69 Å². The van der Waals surface area contributed by atoms with E-state index in [1.165, 1.54) is 18.5 Å². The third-order valence-corrected chi connectivity index (χ3v) is 4.29. The van der Waals surface area contributed by atoms with Crippen LogP contribution in [0.1, 0.15) is 32.3 Å². The van der Waals surface area contributed by atoms with E-state index in [4.69, 9.17) is 5.11 Å². The molecular formula is C15H18BrNO2. The van der Waals surface area contributed by atoms with E-state index in [-0.39, 0.29) is 5.54 Å². The van der Waals surface area contributed by atoms with Gasteiger partial charge in [0.15, 0.2) is 0 Å². The molecule has 0 unspecified atom stereocenters. The van der Waals surface area contributed by atoms with Gasteiger partial charge < -0.3 is 10.0 Å². The van der Waals surface area contributed by atoms with Gasteiger partial charge in [0.1, 0.15) is 0 Å². The molecule has 0 radical (unpaired) electrons. The minimum absolute atomic E-state index is 0.192. The van der Waals surface area contributed by atoms with Gasteiger partial charge in [-0.05, 0) is 50.5 Å². The first-order valence-electron chi connectivity index (χ1n) is 6.38. The molecule has 3 nitrogen and oxygen atoms in total. The molecule has 102 valence electrons. The normalized spacial score (nSPS) is 18.2. The Morgan fingerprint density at radius 3 is 2.74 bits per heavy atom. The van der Waals surface area contributed by atoms with Crippen LogP contribution in [-0.4, -0.2) is 23.2 Å². The van der Waals surface area contributed by atoms with E-state index in [1.54, 1.807) is 6.08 Å². The Kier molecular flexibility index (Phi) is 3.99. The Morgan fingerprint density at radius 1 is 1.47 bits per heavy atom. The second-order valence-corrected chi connectivity index (χ2v) is 6.30. The van der Waals surface area contributed by atoms with Crippen molar-refractivity contribution in [2.75, 3.05) is 11.4 Å². The number of aliphatic carboxylic acids is 1. The van der Waals surface area contributed by atoms with Crippen LogP contribution < -0.4 is 4.90 Å². The first-order chi connectivity index (χ1) is 8.90. The van der Waals surface area contributed by atoms with Crippen molar-refractivity contribution in [3.05, 3.63) is 34.3 Å². The third kappa shape index (κ3) is 3.18. The lowest BCUT2D eigenvalue weighted by Crippen LogP contribution is -2.38. The molecule has 1 aromatic rings. The van der Waals surface area contributed by atoms with Gasteiger partial charge >= 0.3 is 5.97 Å². The summed E-state index contributed by atoms with van der Waals surface area (Å²) in [5, 5.41) is 8.65. The van der Waals surface area contributed by atoms with Gasteiger partial charge in [-0.3, -0.25) is 0 Å². The summed E-state index contributed by atoms with van der Waals surface area (Å²) in [6.45, 7) is 5.59. The van der Waals surface area contributed by atoms with Crippen molar-refractivity contribution in [2.24, 2.45) is 0 Å². The summed E-state index contributed by atoms with van der Waals surface area (Å²) in [7, 11) is 0. The van der Waals surface area contributed by atoms with Crippen LogP contribution in [0, 0.1) is 0 Å². The molecule has 1 aliphatic rings. The van der Waals surface area contributed by atoms with Crippen LogP contribution in [0.15, 0.2) is 28.7 Å². The van der Waals surface area contributed by atoms with Crippen molar-refractivity contribution in [1.82, 2.24) is 0 Å². The molecule has 0 spiro atoms. The highest BCUT2D eigenvalue weighted by Crippen LogP contribution is 2.35. The van der Waals surface area contributed by atoms with E-state index in [2.05, 4.69) is 46.8 Å². The number of nitrogens with zero attached hydrogens (tertiary/aromatic N) is 1. The van der Waals surface area contributed by atoms with E-state index in [0.717, 1.165) is 22.7 Å². The fraction of sp³-hybridized carbons (Fsp3) is 0.400. The fourth-order valence-corrected chi connectivity index (χ4v) is 3.07. The maximum absolute atomic E-state index is 10.5. The number of benzene rings is 1. The predicted octanol–water partition coefficient (Wildman–Crippen LogP) is 3.93. The third-order valence-electron chi connectivity index (χ3n) is 3.60. The first kappa shape index (κ1) is 14.1. The molecular weight excluding hydrogens is 306 g/mol. The number of halogens is 1. The van der Waals surface area contributed by atoms with Crippen molar-refractivity contribution in [1.29, 1.82) is 0 Å². The molecule has 4 heteroatoms. The Morgan fingerprint density at radius 2 is 2.21 bits per heavy atom. The summed E-state index contributed by atoms with van der Waals surface area (Å²) in [4.78, 5) is 12.9. The number of carboxylic acid groups (broad SMARTS) is 1. The highest BCUT2D eigenvalue weighted by atomic mass is 79.9. The maximum atomic E-state index is 10.5. The molecule has 1 heterocycles. The minimum Gasteiger partial charge on any atom is -0.478 e. The van der Waals surface area contributed by atoms with Crippen LogP contribution >= 0.6 is 15.9 Å². The lowest BCUT2D eigenvalue weighted by molar-refractivity contribution is -0.131. The van der Waals surface area contributed by atoms with Gasteiger partial charge in [0, 0.05) is 28.3 Å². The Balaban J connectivity index is 2.26. The second-order valence-electron chi connectivity index (χ2n) is 5.45. The van der Waals surface area contributed by atoms with Gasteiger partial charge in [0.25, 0.3) is 0 Å². The summed E-state index contributed by atoms with van der Waals surface area (Å²) < 4.78 is 0.921. The van der Waals surface area contributed by atoms with Crippen molar-refractivity contribution >= 4 is 33.7 Å². The van der Waals surface area contributed by atoms with Crippen molar-refractivity contribution < 1.29 is 9.90 Å². The van der Waals surface area contributed by atoms with Crippen molar-refractivity contribution in [2.45, 2.75) is 32.2 Å². The number of carbonyl (C=O) groups is 1. The van der Waals surface area contributed by atoms with Crippen molar-refractivity contribution in [3.63, 3.8) is 0 Å². The molecule has 0 aliphatic carbocycles. The molecule has 0 atom stereocenters. The van der Waals surface area contributed by atoms with E-state index < -0.39 is 5.97 Å². The molecule has 0 saturated carbocycles. The number of carboxylic acids is 1. The van der Waals surface area contributed by atoms with Gasteiger partial charge in [0.2, 0.25) is 0 Å². The molecule has 1 aliphatic heterocycles. The molecule has 0 aromatic heterocycles. The van der Waals surface area contributed by atoms with Crippen LogP contribution in [0.3, 0.4) is 0 Å². The largest absolute Gasteiger partial charge is 0.478 e. The molecule has 1 fully saturated rings. The molecule has 2 rings (SSSR count). The van der Waals surface area contributed by atoms with Crippen molar-refractivity contribution in [3.8, 4) is 0 Å². The second kappa shape index (κ2) is 5.37. The van der Waals surface area contributed by atoms with Crippen LogP contribution in [0.2, 0.25) is 0 Å². The highest BCUT2D eigenvalue weighted by Gasteiger charge is 2.31. The summed E-state index contributed by atoms with van der Waals surface area (Å²) >= 11 is 3.51. The zero-order chi connectivity index (χ0) is 14.0. The van der Waals surface area contributed by atoms with E-state index in [1.807, 2.05) is 6.07 Å². The monoisotopic (exact) mass is 323 g/mol. The quantitative estimate of drug-likeness (QED) is 0.857. The molecule has 19 heavy (non-hydrogen) atoms. The lowest BCUT2D eigenvalue weighted by atomic mass is 10.0. The van der Waals surface area contributed by atoms with Crippen LogP contribution in [-0.2, 0) is 4.79 Å². The lowest BCUT2D eigenvalue weighted by Gasteiger charge is -2.34. The maximum Gasteiger partial charge on any atom is 0.328 e. The average Bonchev–Trinajstić information content (AvgIpc) is 2.67. The summed E-state index contributed by atoms with van der Waals surface area (Å²) in [6, 6.07) is 6.07. The number of rotatable bonds is 3. The standard InChI is InChI=1S/C15H18BrNO2/c1-15(2)8-3-9-17(15)12-6-4-11(13(16)10-12)5-7-14(18)19/h4-7,10H,3,8-9H2,1-2H3,(H,18,19)/b7-5+. The van der Waals surface area contributed by atoms with E-state index in [0.29, 0.717) is 0 Å². The zero-order valence-corrected chi connectivity index (χ0v) is 12.8. The molecule has 1 saturated heterocycles. The first-order valence-corrected chi connectivity index (χ1v) is 7.18. The van der Waals surface area contributed by atoms with Gasteiger partial charge in [0.05, 0.1) is 0 Å². The molecule has 0 bridgehead atoms. The van der Waals surface area contributed by atoms with Gasteiger partial charge in [-0.2, -0.15) is 0 Å². The van der Waals surface area contributed by atoms with Crippen LogP contribution in [0.25, 0.3) is 6.08 Å². The average molecular weight is 324 g/mol. The summed E-state index contributed by atoms with van der Waals surface area (Å²) in [5.74, 6) is -0.934. The van der Waals surface area contributed by atoms with E-state index in [9.17, 15) is 4.79 Å². The number of hydrogen-bond donors (Lipinski definition) is 1. The molecule has 1 aromatic carbocycles.